The lowest BCUT2D eigenvalue weighted by Gasteiger charge is -2.17. The first-order valence-electron chi connectivity index (χ1n) is 13.5. The first kappa shape index (κ1) is 28.1. The van der Waals surface area contributed by atoms with Gasteiger partial charge in [-0.25, -0.2) is 4.39 Å². The molecule has 9 nitrogen and oxygen atoms in total. The van der Waals surface area contributed by atoms with Gasteiger partial charge in [0, 0.05) is 37.8 Å². The normalized spacial score (nSPS) is 16.0. The lowest BCUT2D eigenvalue weighted by molar-refractivity contribution is -0.0502. The molecule has 0 unspecified atom stereocenters. The molecule has 5 aromatic rings. The van der Waals surface area contributed by atoms with E-state index in [2.05, 4.69) is 10.4 Å². The SMILES string of the molecule is COc1cc(-c2c3c(OCc4ccccc4)cc(-c4cnn(C)c4)cc3nn2C)cc(OC(F)F)c1C(=O)N[C@@H]1C[C@@H]1F. The number of aromatic nitrogens is 4. The van der Waals surface area contributed by atoms with Crippen molar-refractivity contribution in [3.05, 3.63) is 78.1 Å². The average molecular weight is 592 g/mol. The summed E-state index contributed by atoms with van der Waals surface area (Å²) in [4.78, 5) is 13.0. The van der Waals surface area contributed by atoms with E-state index in [1.165, 1.54) is 13.2 Å². The number of nitrogens with zero attached hydrogens (tertiary/aromatic N) is 4. The van der Waals surface area contributed by atoms with E-state index in [1.807, 2.05) is 55.7 Å². The van der Waals surface area contributed by atoms with Gasteiger partial charge in [0.25, 0.3) is 5.91 Å². The van der Waals surface area contributed by atoms with Crippen molar-refractivity contribution in [1.82, 2.24) is 24.9 Å². The van der Waals surface area contributed by atoms with E-state index in [9.17, 15) is 18.0 Å². The molecule has 2 heterocycles. The number of carbonyl (C=O) groups is 1. The van der Waals surface area contributed by atoms with Gasteiger partial charge < -0.3 is 19.5 Å². The third-order valence-corrected chi connectivity index (χ3v) is 7.21. The Bertz CT molecular complexity index is 1800. The Hall–Kier alpha value is -5.00. The van der Waals surface area contributed by atoms with Crippen LogP contribution in [0.3, 0.4) is 0 Å². The van der Waals surface area contributed by atoms with Crippen LogP contribution in [0.1, 0.15) is 22.3 Å². The van der Waals surface area contributed by atoms with Gasteiger partial charge in [-0.3, -0.25) is 14.2 Å². The zero-order valence-electron chi connectivity index (χ0n) is 23.6. The third-order valence-electron chi connectivity index (χ3n) is 7.21. The molecule has 1 fully saturated rings. The van der Waals surface area contributed by atoms with Crippen molar-refractivity contribution >= 4 is 16.8 Å². The highest BCUT2D eigenvalue weighted by Crippen LogP contribution is 2.43. The van der Waals surface area contributed by atoms with Crippen LogP contribution in [0.25, 0.3) is 33.3 Å². The number of rotatable bonds is 10. The van der Waals surface area contributed by atoms with Crippen molar-refractivity contribution in [1.29, 1.82) is 0 Å². The Morgan fingerprint density at radius 1 is 1.05 bits per heavy atom. The van der Waals surface area contributed by atoms with E-state index >= 15 is 0 Å². The molecule has 6 rings (SSSR count). The van der Waals surface area contributed by atoms with Gasteiger partial charge in [-0.2, -0.15) is 19.0 Å². The van der Waals surface area contributed by atoms with Gasteiger partial charge in [0.1, 0.15) is 35.6 Å². The molecule has 2 aromatic heterocycles. The Morgan fingerprint density at radius 3 is 2.42 bits per heavy atom. The maximum Gasteiger partial charge on any atom is 0.387 e. The monoisotopic (exact) mass is 591 g/mol. The number of methoxy groups -OCH3 is 1. The third kappa shape index (κ3) is 5.72. The average Bonchev–Trinajstić information content (AvgIpc) is 3.33. The number of nitrogens with one attached hydrogen (secondary N) is 1. The summed E-state index contributed by atoms with van der Waals surface area (Å²) in [6.07, 6.45) is 2.59. The van der Waals surface area contributed by atoms with Gasteiger partial charge in [-0.05, 0) is 35.4 Å². The van der Waals surface area contributed by atoms with E-state index in [0.717, 1.165) is 16.7 Å². The van der Waals surface area contributed by atoms with Crippen LogP contribution in [0, 0.1) is 0 Å². The summed E-state index contributed by atoms with van der Waals surface area (Å²) in [6.45, 7) is -2.96. The Labute approximate surface area is 244 Å². The number of fused-ring (bicyclic) bond motifs is 1. The van der Waals surface area contributed by atoms with Crippen molar-refractivity contribution < 1.29 is 32.2 Å². The smallest absolute Gasteiger partial charge is 0.387 e. The maximum atomic E-state index is 13.6. The standard InChI is InChI=1S/C31H28F3N5O4/c1-38-15-20(14-35-38)18-9-23-27(25(10-18)42-16-17-7-5-4-6-8-17)29(39(2)37-23)19-11-24(41-3)28(26(12-19)43-31(33)34)30(40)36-22-13-21(22)32/h4-12,14-15,21-22,31H,13,16H2,1-3H3,(H,36,40)/t21-,22+/m0/s1. The molecule has 1 aliphatic rings. The molecular formula is C31H28F3N5O4. The fourth-order valence-electron chi connectivity index (χ4n) is 5.06. The zero-order valence-corrected chi connectivity index (χ0v) is 23.6. The van der Waals surface area contributed by atoms with E-state index in [-0.39, 0.29) is 24.3 Å². The molecule has 1 aliphatic carbocycles. The van der Waals surface area contributed by atoms with Gasteiger partial charge in [-0.15, -0.1) is 0 Å². The van der Waals surface area contributed by atoms with Crippen molar-refractivity contribution in [3.63, 3.8) is 0 Å². The number of amides is 1. The second-order valence-electron chi connectivity index (χ2n) is 10.3. The van der Waals surface area contributed by atoms with Crippen molar-refractivity contribution in [2.45, 2.75) is 31.9 Å². The molecule has 0 aliphatic heterocycles. The fraction of sp³-hybridized carbons (Fsp3) is 0.258. The highest BCUT2D eigenvalue weighted by Gasteiger charge is 2.40. The Balaban J connectivity index is 1.51. The predicted molar refractivity (Wildman–Crippen MR) is 153 cm³/mol. The van der Waals surface area contributed by atoms with Crippen LogP contribution in [0.15, 0.2) is 67.0 Å². The van der Waals surface area contributed by atoms with Crippen molar-refractivity contribution in [3.8, 4) is 39.6 Å². The molecule has 222 valence electrons. The molecule has 12 heteroatoms. The van der Waals surface area contributed by atoms with Crippen LogP contribution in [0.5, 0.6) is 17.2 Å². The topological polar surface area (TPSA) is 92.4 Å². The van der Waals surface area contributed by atoms with E-state index in [0.29, 0.717) is 27.9 Å². The lowest BCUT2D eigenvalue weighted by atomic mass is 10.00. The molecule has 0 spiro atoms. The summed E-state index contributed by atoms with van der Waals surface area (Å²) in [5.41, 5.74) is 3.87. The number of alkyl halides is 3. The maximum absolute atomic E-state index is 13.6. The van der Waals surface area contributed by atoms with Crippen molar-refractivity contribution in [2.24, 2.45) is 14.1 Å². The van der Waals surface area contributed by atoms with Gasteiger partial charge in [0.05, 0.1) is 35.9 Å². The number of carbonyl (C=O) groups excluding carboxylic acids is 1. The Kier molecular flexibility index (Phi) is 7.43. The van der Waals surface area contributed by atoms with E-state index < -0.39 is 30.5 Å². The van der Waals surface area contributed by atoms with Crippen LogP contribution in [0.4, 0.5) is 13.2 Å². The molecule has 0 radical (unpaired) electrons. The molecule has 0 saturated heterocycles. The second-order valence-corrected chi connectivity index (χ2v) is 10.3. The highest BCUT2D eigenvalue weighted by atomic mass is 19.3. The van der Waals surface area contributed by atoms with Crippen molar-refractivity contribution in [2.75, 3.05) is 7.11 Å². The minimum absolute atomic E-state index is 0.0187. The predicted octanol–water partition coefficient (Wildman–Crippen LogP) is 5.67. The molecule has 1 N–H and O–H groups in total. The summed E-state index contributed by atoms with van der Waals surface area (Å²) >= 11 is 0. The molecule has 43 heavy (non-hydrogen) atoms. The van der Waals surface area contributed by atoms with Crippen LogP contribution >= 0.6 is 0 Å². The molecule has 3 aromatic carbocycles. The lowest BCUT2D eigenvalue weighted by Crippen LogP contribution is -2.28. The highest BCUT2D eigenvalue weighted by molar-refractivity contribution is 6.04. The molecular weight excluding hydrogens is 563 g/mol. The van der Waals surface area contributed by atoms with E-state index in [4.69, 9.17) is 19.3 Å². The van der Waals surface area contributed by atoms with E-state index in [1.54, 1.807) is 28.7 Å². The van der Waals surface area contributed by atoms with Crippen LogP contribution < -0.4 is 19.5 Å². The van der Waals surface area contributed by atoms with Gasteiger partial charge in [0.2, 0.25) is 0 Å². The van der Waals surface area contributed by atoms with Crippen LogP contribution in [0.2, 0.25) is 0 Å². The first-order chi connectivity index (χ1) is 20.7. The molecule has 1 amide bonds. The minimum atomic E-state index is -3.23. The number of hydrogen-bond acceptors (Lipinski definition) is 6. The zero-order chi connectivity index (χ0) is 30.2. The summed E-state index contributed by atoms with van der Waals surface area (Å²) in [5.74, 6) is -0.698. The number of benzene rings is 3. The number of hydrogen-bond donors (Lipinski definition) is 1. The number of ether oxygens (including phenoxy) is 3. The quantitative estimate of drug-likeness (QED) is 0.225. The molecule has 0 bridgehead atoms. The van der Waals surface area contributed by atoms with Crippen LogP contribution in [-0.2, 0) is 20.7 Å². The summed E-state index contributed by atoms with van der Waals surface area (Å²) in [5, 5.41) is 12.1. The van der Waals surface area contributed by atoms with Gasteiger partial charge in [0.15, 0.2) is 0 Å². The number of aryl methyl sites for hydroxylation is 2. The summed E-state index contributed by atoms with van der Waals surface area (Å²) in [7, 11) is 4.85. The summed E-state index contributed by atoms with van der Waals surface area (Å²) < 4.78 is 60.6. The van der Waals surface area contributed by atoms with Gasteiger partial charge >= 0.3 is 6.61 Å². The largest absolute Gasteiger partial charge is 0.496 e. The fourth-order valence-corrected chi connectivity index (χ4v) is 5.06. The minimum Gasteiger partial charge on any atom is -0.496 e. The molecule has 2 atom stereocenters. The van der Waals surface area contributed by atoms with Gasteiger partial charge in [-0.1, -0.05) is 30.3 Å². The summed E-state index contributed by atoms with van der Waals surface area (Å²) in [6, 6.07) is 15.6. The second kappa shape index (κ2) is 11.3. The Morgan fingerprint density at radius 2 is 1.77 bits per heavy atom. The first-order valence-corrected chi connectivity index (χ1v) is 13.5. The molecule has 1 saturated carbocycles. The number of halogens is 3. The van der Waals surface area contributed by atoms with Crippen LogP contribution in [-0.4, -0.2) is 51.4 Å².